The van der Waals surface area contributed by atoms with Crippen LogP contribution in [0, 0.1) is 0 Å². The maximum atomic E-state index is 12.3. The van der Waals surface area contributed by atoms with Gasteiger partial charge in [0.2, 0.25) is 0 Å². The minimum absolute atomic E-state index is 0.188. The van der Waals surface area contributed by atoms with E-state index in [0.717, 1.165) is 22.7 Å². The highest BCUT2D eigenvalue weighted by molar-refractivity contribution is 7.98. The fraction of sp³-hybridized carbons (Fsp3) is 0.250. The number of ether oxygens (including phenoxy) is 2. The Morgan fingerprint density at radius 1 is 1.14 bits per heavy atom. The topological polar surface area (TPSA) is 91.2 Å². The SMILES string of the molecule is COCCCNC(=O)c1csc(CSc2nnc(-c3ccccc3Cl)n2-c2ccccc2OC)n1. The average Bonchev–Trinajstić information content (AvgIpc) is 3.53. The summed E-state index contributed by atoms with van der Waals surface area (Å²) >= 11 is 9.40. The normalized spacial score (nSPS) is 10.9. The highest BCUT2D eigenvalue weighted by Crippen LogP contribution is 2.36. The minimum Gasteiger partial charge on any atom is -0.495 e. The Morgan fingerprint density at radius 2 is 1.94 bits per heavy atom. The van der Waals surface area contributed by atoms with Gasteiger partial charge in [-0.25, -0.2) is 4.98 Å². The van der Waals surface area contributed by atoms with Crippen molar-refractivity contribution in [3.63, 3.8) is 0 Å². The molecule has 0 saturated heterocycles. The highest BCUT2D eigenvalue weighted by Gasteiger charge is 2.21. The first-order valence-corrected chi connectivity index (χ1v) is 13.0. The summed E-state index contributed by atoms with van der Waals surface area (Å²) in [4.78, 5) is 16.8. The molecular weight excluding hydrogens is 506 g/mol. The number of hydrogen-bond acceptors (Lipinski definition) is 8. The monoisotopic (exact) mass is 529 g/mol. The molecule has 0 aliphatic heterocycles. The smallest absolute Gasteiger partial charge is 0.270 e. The van der Waals surface area contributed by atoms with Gasteiger partial charge in [-0.15, -0.1) is 21.5 Å². The van der Waals surface area contributed by atoms with Crippen molar-refractivity contribution < 1.29 is 14.3 Å². The van der Waals surface area contributed by atoms with E-state index in [4.69, 9.17) is 21.1 Å². The van der Waals surface area contributed by atoms with Gasteiger partial charge in [-0.05, 0) is 30.7 Å². The quantitative estimate of drug-likeness (QED) is 0.213. The van der Waals surface area contributed by atoms with Crippen LogP contribution in [0.2, 0.25) is 5.02 Å². The number of hydrogen-bond donors (Lipinski definition) is 1. The third-order valence-electron chi connectivity index (χ3n) is 4.99. The maximum Gasteiger partial charge on any atom is 0.270 e. The van der Waals surface area contributed by atoms with E-state index in [0.29, 0.717) is 46.4 Å². The zero-order valence-corrected chi connectivity index (χ0v) is 21.6. The fourth-order valence-corrected chi connectivity index (χ4v) is 5.29. The molecule has 2 aromatic carbocycles. The molecule has 0 fully saturated rings. The van der Waals surface area contributed by atoms with Crippen LogP contribution in [-0.4, -0.2) is 53.0 Å². The number of halogens is 1. The Morgan fingerprint density at radius 3 is 2.74 bits per heavy atom. The first-order valence-electron chi connectivity index (χ1n) is 10.8. The van der Waals surface area contributed by atoms with Crippen molar-refractivity contribution in [2.75, 3.05) is 27.4 Å². The van der Waals surface area contributed by atoms with Crippen molar-refractivity contribution in [1.29, 1.82) is 0 Å². The van der Waals surface area contributed by atoms with Gasteiger partial charge in [-0.2, -0.15) is 0 Å². The molecule has 0 radical (unpaired) electrons. The Hall–Kier alpha value is -2.92. The van der Waals surface area contributed by atoms with Gasteiger partial charge in [0.1, 0.15) is 16.5 Å². The molecule has 4 aromatic rings. The highest BCUT2D eigenvalue weighted by atomic mass is 35.5. The van der Waals surface area contributed by atoms with Gasteiger partial charge in [0.25, 0.3) is 5.91 Å². The molecule has 11 heteroatoms. The summed E-state index contributed by atoms with van der Waals surface area (Å²) in [5, 5.41) is 15.6. The second-order valence-electron chi connectivity index (χ2n) is 7.31. The summed E-state index contributed by atoms with van der Waals surface area (Å²) in [5.41, 5.74) is 1.97. The summed E-state index contributed by atoms with van der Waals surface area (Å²) < 4.78 is 12.5. The fourth-order valence-electron chi connectivity index (χ4n) is 3.33. The molecule has 0 atom stereocenters. The molecule has 2 aromatic heterocycles. The average molecular weight is 530 g/mol. The number of carbonyl (C=O) groups is 1. The van der Waals surface area contributed by atoms with Gasteiger partial charge >= 0.3 is 0 Å². The number of methoxy groups -OCH3 is 2. The summed E-state index contributed by atoms with van der Waals surface area (Å²) in [6.07, 6.45) is 0.751. The van der Waals surface area contributed by atoms with Crippen molar-refractivity contribution >= 4 is 40.6 Å². The van der Waals surface area contributed by atoms with Gasteiger partial charge in [-0.3, -0.25) is 9.36 Å². The van der Waals surface area contributed by atoms with Crippen molar-refractivity contribution in [1.82, 2.24) is 25.1 Å². The van der Waals surface area contributed by atoms with Gasteiger partial charge < -0.3 is 14.8 Å². The molecule has 0 aliphatic rings. The van der Waals surface area contributed by atoms with Crippen molar-refractivity contribution in [3.8, 4) is 22.8 Å². The molecule has 1 amide bonds. The molecule has 8 nitrogen and oxygen atoms in total. The van der Waals surface area contributed by atoms with Crippen LogP contribution >= 0.6 is 34.7 Å². The van der Waals surface area contributed by atoms with Gasteiger partial charge in [-0.1, -0.05) is 47.6 Å². The summed E-state index contributed by atoms with van der Waals surface area (Å²) in [6.45, 7) is 1.14. The number of thiazole rings is 1. The van der Waals surface area contributed by atoms with E-state index in [1.54, 1.807) is 19.6 Å². The van der Waals surface area contributed by atoms with Crippen LogP contribution in [-0.2, 0) is 10.5 Å². The van der Waals surface area contributed by atoms with Gasteiger partial charge in [0.15, 0.2) is 11.0 Å². The molecule has 0 spiro atoms. The Labute approximate surface area is 216 Å². The van der Waals surface area contributed by atoms with Crippen molar-refractivity contribution in [2.24, 2.45) is 0 Å². The largest absolute Gasteiger partial charge is 0.495 e. The molecule has 182 valence electrons. The minimum atomic E-state index is -0.188. The zero-order chi connectivity index (χ0) is 24.6. The molecule has 35 heavy (non-hydrogen) atoms. The first kappa shape index (κ1) is 25.2. The van der Waals surface area contributed by atoms with Crippen LogP contribution in [0.3, 0.4) is 0 Å². The summed E-state index contributed by atoms with van der Waals surface area (Å²) in [6, 6.07) is 15.2. The standard InChI is InChI=1S/C24H24ClN5O3S2/c1-32-13-7-12-26-23(31)18-14-34-21(27-18)15-35-24-29-28-22(16-8-3-4-9-17(16)25)30(24)19-10-5-6-11-20(19)33-2/h3-6,8-11,14H,7,12-13,15H2,1-2H3,(H,26,31). The Bertz CT molecular complexity index is 1290. The number of nitrogens with zero attached hydrogens (tertiary/aromatic N) is 4. The molecule has 0 saturated carbocycles. The molecule has 2 heterocycles. The number of carbonyl (C=O) groups excluding carboxylic acids is 1. The predicted octanol–water partition coefficient (Wildman–Crippen LogP) is 5.11. The van der Waals surface area contributed by atoms with Crippen LogP contribution in [0.15, 0.2) is 59.1 Å². The van der Waals surface area contributed by atoms with Gasteiger partial charge in [0.05, 0.1) is 23.6 Å². The van der Waals surface area contributed by atoms with Crippen LogP contribution in [0.25, 0.3) is 17.1 Å². The lowest BCUT2D eigenvalue weighted by molar-refractivity contribution is 0.0944. The summed E-state index contributed by atoms with van der Waals surface area (Å²) in [7, 11) is 3.26. The number of aromatic nitrogens is 4. The van der Waals surface area contributed by atoms with Gasteiger partial charge in [0, 0.05) is 31.2 Å². The lowest BCUT2D eigenvalue weighted by Crippen LogP contribution is -2.25. The van der Waals surface area contributed by atoms with Crippen molar-refractivity contribution in [3.05, 3.63) is 69.6 Å². The number of benzene rings is 2. The summed E-state index contributed by atoms with van der Waals surface area (Å²) in [5.74, 6) is 1.63. The van der Waals surface area contributed by atoms with Crippen molar-refractivity contribution in [2.45, 2.75) is 17.3 Å². The van der Waals surface area contributed by atoms with Crippen LogP contribution in [0.1, 0.15) is 21.9 Å². The molecule has 0 bridgehead atoms. The number of rotatable bonds is 11. The van der Waals surface area contributed by atoms with E-state index in [1.165, 1.54) is 23.1 Å². The number of para-hydroxylation sites is 2. The van der Waals surface area contributed by atoms with E-state index in [9.17, 15) is 4.79 Å². The van der Waals surface area contributed by atoms with Crippen LogP contribution in [0.4, 0.5) is 0 Å². The molecule has 4 rings (SSSR count). The van der Waals surface area contributed by atoms with E-state index in [-0.39, 0.29) is 5.91 Å². The molecule has 0 unspecified atom stereocenters. The Balaban J connectivity index is 1.58. The molecular formula is C24H24ClN5O3S2. The molecule has 1 N–H and O–H groups in total. The van der Waals surface area contributed by atoms with E-state index in [2.05, 4.69) is 20.5 Å². The van der Waals surface area contributed by atoms with E-state index < -0.39 is 0 Å². The second kappa shape index (κ2) is 12.2. The van der Waals surface area contributed by atoms with E-state index >= 15 is 0 Å². The predicted molar refractivity (Wildman–Crippen MR) is 139 cm³/mol. The third-order valence-corrected chi connectivity index (χ3v) is 7.30. The first-order chi connectivity index (χ1) is 17.1. The number of amides is 1. The number of thioether (sulfide) groups is 1. The second-order valence-corrected chi connectivity index (χ2v) is 9.60. The van der Waals surface area contributed by atoms with Crippen LogP contribution < -0.4 is 10.1 Å². The Kier molecular flexibility index (Phi) is 8.75. The third kappa shape index (κ3) is 6.02. The maximum absolute atomic E-state index is 12.3. The number of nitrogens with one attached hydrogen (secondary N) is 1. The molecule has 0 aliphatic carbocycles. The van der Waals surface area contributed by atoms with E-state index in [1.807, 2.05) is 53.1 Å². The lowest BCUT2D eigenvalue weighted by atomic mass is 10.2. The zero-order valence-electron chi connectivity index (χ0n) is 19.2. The van der Waals surface area contributed by atoms with Crippen LogP contribution in [0.5, 0.6) is 5.75 Å². The lowest BCUT2D eigenvalue weighted by Gasteiger charge is -2.14.